The van der Waals surface area contributed by atoms with Gasteiger partial charge in [0.1, 0.15) is 0 Å². The SMILES string of the molecule is CNC(=O)c1cc(B(O)OC(C)(C)C(C)(C)O)cc(C(=O)NC)c1. The van der Waals surface area contributed by atoms with Crippen molar-refractivity contribution in [3.8, 4) is 0 Å². The number of benzene rings is 1. The number of carbonyl (C=O) groups is 2. The van der Waals surface area contributed by atoms with Crippen LogP contribution in [-0.4, -0.2) is 54.4 Å². The molecule has 1 rings (SSSR count). The van der Waals surface area contributed by atoms with E-state index in [0.717, 1.165) is 0 Å². The van der Waals surface area contributed by atoms with Crippen molar-refractivity contribution in [1.82, 2.24) is 10.6 Å². The van der Waals surface area contributed by atoms with Crippen LogP contribution in [0.1, 0.15) is 48.4 Å². The summed E-state index contributed by atoms with van der Waals surface area (Å²) in [6.07, 6.45) is 0. The largest absolute Gasteiger partial charge is 0.491 e. The second-order valence-corrected chi connectivity index (χ2v) is 6.54. The molecule has 0 saturated heterocycles. The Hall–Kier alpha value is -1.90. The van der Waals surface area contributed by atoms with E-state index < -0.39 is 30.1 Å². The maximum Gasteiger partial charge on any atom is 0.491 e. The van der Waals surface area contributed by atoms with Gasteiger partial charge in [-0.1, -0.05) is 0 Å². The Kier molecular flexibility index (Phi) is 6.16. The maximum absolute atomic E-state index is 11.9. The summed E-state index contributed by atoms with van der Waals surface area (Å²) >= 11 is 0. The molecular formula is C16H25BN2O5. The third kappa shape index (κ3) is 4.56. The Balaban J connectivity index is 3.26. The van der Waals surface area contributed by atoms with Crippen molar-refractivity contribution < 1.29 is 24.4 Å². The normalized spacial score (nSPS) is 11.8. The quantitative estimate of drug-likeness (QED) is 0.532. The molecule has 0 saturated carbocycles. The zero-order valence-corrected chi connectivity index (χ0v) is 14.9. The fourth-order valence-electron chi connectivity index (χ4n) is 1.84. The Morgan fingerprint density at radius 1 is 1.00 bits per heavy atom. The van der Waals surface area contributed by atoms with Gasteiger partial charge >= 0.3 is 7.12 Å². The third-order valence-corrected chi connectivity index (χ3v) is 4.10. The molecule has 8 heteroatoms. The minimum absolute atomic E-state index is 0.220. The Labute approximate surface area is 142 Å². The summed E-state index contributed by atoms with van der Waals surface area (Å²) in [6, 6.07) is 4.31. The first-order valence-electron chi connectivity index (χ1n) is 7.60. The van der Waals surface area contributed by atoms with Gasteiger partial charge in [-0.15, -0.1) is 0 Å². The van der Waals surface area contributed by atoms with Gasteiger partial charge < -0.3 is 25.4 Å². The van der Waals surface area contributed by atoms with Crippen molar-refractivity contribution in [2.45, 2.75) is 38.9 Å². The number of nitrogens with one attached hydrogen (secondary N) is 2. The molecule has 0 atom stereocenters. The van der Waals surface area contributed by atoms with Gasteiger partial charge in [0.15, 0.2) is 0 Å². The van der Waals surface area contributed by atoms with Gasteiger partial charge in [-0.2, -0.15) is 0 Å². The summed E-state index contributed by atoms with van der Waals surface area (Å²) < 4.78 is 5.57. The van der Waals surface area contributed by atoms with Gasteiger partial charge in [0.2, 0.25) is 0 Å². The lowest BCUT2D eigenvalue weighted by atomic mass is 9.75. The van der Waals surface area contributed by atoms with Gasteiger partial charge in [-0.05, 0) is 51.4 Å². The Morgan fingerprint density at radius 2 is 1.42 bits per heavy atom. The lowest BCUT2D eigenvalue weighted by molar-refractivity contribution is -0.0982. The van der Waals surface area contributed by atoms with E-state index >= 15 is 0 Å². The van der Waals surface area contributed by atoms with Crippen molar-refractivity contribution in [3.05, 3.63) is 29.3 Å². The number of rotatable bonds is 6. The van der Waals surface area contributed by atoms with Crippen molar-refractivity contribution in [1.29, 1.82) is 0 Å². The zero-order chi connectivity index (χ0) is 18.7. The molecule has 4 N–H and O–H groups in total. The minimum Gasteiger partial charge on any atom is -0.423 e. The highest BCUT2D eigenvalue weighted by Gasteiger charge is 2.39. The van der Waals surface area contributed by atoms with Crippen LogP contribution in [0.3, 0.4) is 0 Å². The van der Waals surface area contributed by atoms with Crippen molar-refractivity contribution in [3.63, 3.8) is 0 Å². The first-order valence-corrected chi connectivity index (χ1v) is 7.60. The number of aliphatic hydroxyl groups is 1. The first-order chi connectivity index (χ1) is 10.9. The van der Waals surface area contributed by atoms with Gasteiger partial charge in [-0.3, -0.25) is 9.59 Å². The molecule has 0 aliphatic heterocycles. The lowest BCUT2D eigenvalue weighted by Gasteiger charge is -2.38. The van der Waals surface area contributed by atoms with Gasteiger partial charge in [0.25, 0.3) is 11.8 Å². The lowest BCUT2D eigenvalue weighted by Crippen LogP contribution is -2.53. The molecular weight excluding hydrogens is 311 g/mol. The molecule has 0 aliphatic carbocycles. The van der Waals surface area contributed by atoms with Crippen LogP contribution in [0, 0.1) is 0 Å². The van der Waals surface area contributed by atoms with Crippen molar-refractivity contribution in [2.75, 3.05) is 14.1 Å². The monoisotopic (exact) mass is 336 g/mol. The van der Waals surface area contributed by atoms with Crippen molar-refractivity contribution >= 4 is 24.4 Å². The van der Waals surface area contributed by atoms with Crippen LogP contribution < -0.4 is 16.1 Å². The molecule has 132 valence electrons. The van der Waals surface area contributed by atoms with Gasteiger partial charge in [0, 0.05) is 25.2 Å². The van der Waals surface area contributed by atoms with E-state index in [9.17, 15) is 19.7 Å². The fraction of sp³-hybridized carbons (Fsp3) is 0.500. The number of hydrogen-bond acceptors (Lipinski definition) is 5. The molecule has 7 nitrogen and oxygen atoms in total. The summed E-state index contributed by atoms with van der Waals surface area (Å²) in [5.74, 6) is -0.785. The smallest absolute Gasteiger partial charge is 0.423 e. The van der Waals surface area contributed by atoms with Gasteiger partial charge in [-0.25, -0.2) is 0 Å². The molecule has 0 heterocycles. The van der Waals surface area contributed by atoms with E-state index in [2.05, 4.69) is 10.6 Å². The van der Waals surface area contributed by atoms with Crippen LogP contribution in [0.5, 0.6) is 0 Å². The van der Waals surface area contributed by atoms with E-state index in [1.54, 1.807) is 27.7 Å². The predicted octanol–water partition coefficient (Wildman–Crippen LogP) is -0.341. The highest BCUT2D eigenvalue weighted by molar-refractivity contribution is 6.60. The van der Waals surface area contributed by atoms with Crippen LogP contribution in [0.4, 0.5) is 0 Å². The number of amides is 2. The zero-order valence-electron chi connectivity index (χ0n) is 14.9. The van der Waals surface area contributed by atoms with E-state index in [4.69, 9.17) is 4.65 Å². The first kappa shape index (κ1) is 20.2. The Morgan fingerprint density at radius 3 is 1.75 bits per heavy atom. The maximum atomic E-state index is 11.9. The van der Waals surface area contributed by atoms with E-state index in [-0.39, 0.29) is 16.6 Å². The molecule has 24 heavy (non-hydrogen) atoms. The molecule has 0 aromatic heterocycles. The third-order valence-electron chi connectivity index (χ3n) is 4.10. The molecule has 0 unspecified atom stereocenters. The van der Waals surface area contributed by atoms with Crippen LogP contribution in [0.25, 0.3) is 0 Å². The predicted molar refractivity (Wildman–Crippen MR) is 92.3 cm³/mol. The van der Waals surface area contributed by atoms with Crippen LogP contribution >= 0.6 is 0 Å². The molecule has 0 fully saturated rings. The molecule has 0 spiro atoms. The summed E-state index contributed by atoms with van der Waals surface area (Å²) in [6.45, 7) is 6.41. The van der Waals surface area contributed by atoms with E-state index in [1.807, 2.05) is 0 Å². The average Bonchev–Trinajstić information content (AvgIpc) is 2.51. The standard InChI is InChI=1S/C16H25BN2O5/c1-15(2,22)16(3,4)24-17(23)12-8-10(13(20)18-5)7-11(9-12)14(21)19-6/h7-9,22-23H,1-6H3,(H,18,20)(H,19,21). The van der Waals surface area contributed by atoms with Crippen LogP contribution in [-0.2, 0) is 4.65 Å². The molecule has 0 radical (unpaired) electrons. The average molecular weight is 336 g/mol. The number of hydrogen-bond donors (Lipinski definition) is 4. The molecule has 1 aromatic rings. The van der Waals surface area contributed by atoms with Crippen LogP contribution in [0.15, 0.2) is 18.2 Å². The minimum atomic E-state index is -1.42. The summed E-state index contributed by atoms with van der Waals surface area (Å²) in [7, 11) is 1.53. The van der Waals surface area contributed by atoms with E-state index in [0.29, 0.717) is 0 Å². The molecule has 1 aromatic carbocycles. The van der Waals surface area contributed by atoms with Crippen molar-refractivity contribution in [2.24, 2.45) is 0 Å². The second-order valence-electron chi connectivity index (χ2n) is 6.54. The fourth-order valence-corrected chi connectivity index (χ4v) is 1.84. The van der Waals surface area contributed by atoms with Gasteiger partial charge in [0.05, 0.1) is 11.2 Å². The Bertz CT molecular complexity index is 591. The summed E-state index contributed by atoms with van der Waals surface area (Å²) in [5.41, 5.74) is -1.60. The van der Waals surface area contributed by atoms with E-state index in [1.165, 1.54) is 32.3 Å². The topological polar surface area (TPSA) is 108 Å². The summed E-state index contributed by atoms with van der Waals surface area (Å²) in [4.78, 5) is 23.8. The molecule has 2 amide bonds. The highest BCUT2D eigenvalue weighted by atomic mass is 16.5. The summed E-state index contributed by atoms with van der Waals surface area (Å²) in [5, 5.41) is 25.5. The number of carbonyl (C=O) groups excluding carboxylic acids is 2. The molecule has 0 aliphatic rings. The van der Waals surface area contributed by atoms with Crippen LogP contribution in [0.2, 0.25) is 0 Å². The highest BCUT2D eigenvalue weighted by Crippen LogP contribution is 2.25. The molecule has 0 bridgehead atoms. The second kappa shape index (κ2) is 7.33.